The van der Waals surface area contributed by atoms with Crippen LogP contribution in [-0.2, 0) is 21.3 Å². The van der Waals surface area contributed by atoms with Crippen LogP contribution in [0.2, 0.25) is 0 Å². The number of fused-ring (bicyclic) bond motifs is 1. The predicted molar refractivity (Wildman–Crippen MR) is 160 cm³/mol. The number of anilines is 1. The Bertz CT molecular complexity index is 1330. The molecule has 3 fully saturated rings. The van der Waals surface area contributed by atoms with E-state index in [1.165, 1.54) is 0 Å². The van der Waals surface area contributed by atoms with Gasteiger partial charge < -0.3 is 30.1 Å². The van der Waals surface area contributed by atoms with Crippen molar-refractivity contribution in [1.29, 1.82) is 0 Å². The van der Waals surface area contributed by atoms with Crippen LogP contribution in [0.15, 0.2) is 23.0 Å². The number of aryl methyl sites for hydroxylation is 1. The Labute approximate surface area is 246 Å². The van der Waals surface area contributed by atoms with E-state index < -0.39 is 24.0 Å². The number of aliphatic hydroxyl groups is 1. The molecule has 0 spiro atoms. The monoisotopic (exact) mass is 586 g/mol. The lowest BCUT2D eigenvalue weighted by atomic mass is 9.81. The first-order valence-corrected chi connectivity index (χ1v) is 15.2. The Morgan fingerprint density at radius 3 is 2.52 bits per heavy atom. The Morgan fingerprint density at radius 1 is 1.14 bits per heavy atom. The highest BCUT2D eigenvalue weighted by Crippen LogP contribution is 2.33. The maximum absolute atomic E-state index is 13.3. The van der Waals surface area contributed by atoms with E-state index >= 15 is 0 Å². The smallest absolute Gasteiger partial charge is 0.407 e. The number of hydrogen-bond donors (Lipinski definition) is 3. The van der Waals surface area contributed by atoms with Gasteiger partial charge in [0.1, 0.15) is 17.9 Å². The van der Waals surface area contributed by atoms with Crippen molar-refractivity contribution in [3.8, 4) is 0 Å². The van der Waals surface area contributed by atoms with Gasteiger partial charge in [-0.15, -0.1) is 0 Å². The summed E-state index contributed by atoms with van der Waals surface area (Å²) >= 11 is 0. The van der Waals surface area contributed by atoms with Crippen molar-refractivity contribution in [2.24, 2.45) is 13.0 Å². The van der Waals surface area contributed by atoms with Crippen molar-refractivity contribution >= 4 is 28.7 Å². The van der Waals surface area contributed by atoms with Gasteiger partial charge in [-0.25, -0.2) is 9.59 Å². The van der Waals surface area contributed by atoms with Gasteiger partial charge in [0.05, 0.1) is 35.5 Å². The molecule has 3 atom stereocenters. The minimum Gasteiger partial charge on any atom is -0.444 e. The van der Waals surface area contributed by atoms with Gasteiger partial charge in [0, 0.05) is 39.8 Å². The maximum Gasteiger partial charge on any atom is 0.407 e. The van der Waals surface area contributed by atoms with E-state index in [0.29, 0.717) is 25.4 Å². The molecule has 0 radical (unpaired) electrons. The van der Waals surface area contributed by atoms with Crippen molar-refractivity contribution in [2.45, 2.75) is 83.4 Å². The molecule has 5 rings (SSSR count). The SMILES string of the molecule is C[C@H](COC1CC(CN2CCN(c3cccc4c3n(C)c(=O)n4C3CCC(O)NC3=O)CC2)C1)NC(=O)OC(C)(C)C. The summed E-state index contributed by atoms with van der Waals surface area (Å²) < 4.78 is 14.6. The van der Waals surface area contributed by atoms with Crippen LogP contribution >= 0.6 is 0 Å². The van der Waals surface area contributed by atoms with Gasteiger partial charge >= 0.3 is 11.8 Å². The fraction of sp³-hybridized carbons (Fsp3) is 0.700. The molecule has 1 aromatic carbocycles. The number of nitrogens with one attached hydrogen (secondary N) is 2. The van der Waals surface area contributed by atoms with E-state index in [2.05, 4.69) is 26.5 Å². The first-order chi connectivity index (χ1) is 19.9. The van der Waals surface area contributed by atoms with Crippen LogP contribution < -0.4 is 21.2 Å². The summed E-state index contributed by atoms with van der Waals surface area (Å²) in [5.74, 6) is 0.284. The molecule has 1 aliphatic carbocycles. The fourth-order valence-corrected chi connectivity index (χ4v) is 6.33. The number of aromatic nitrogens is 2. The van der Waals surface area contributed by atoms with E-state index in [0.717, 1.165) is 62.3 Å². The molecule has 232 valence electrons. The number of piperazine rings is 1. The molecular formula is C30H46N6O6. The van der Waals surface area contributed by atoms with Gasteiger partial charge in [-0.05, 0) is 71.4 Å². The normalized spacial score (nSPS) is 26.0. The average Bonchev–Trinajstić information content (AvgIpc) is 3.14. The molecule has 3 aliphatic rings. The number of alkyl carbamates (subject to hydrolysis) is 1. The molecule has 2 saturated heterocycles. The number of aliphatic hydroxyl groups excluding tert-OH is 1. The number of carbonyl (C=O) groups excluding carboxylic acids is 2. The molecule has 1 saturated carbocycles. The zero-order valence-corrected chi connectivity index (χ0v) is 25.5. The third-order valence-electron chi connectivity index (χ3n) is 8.49. The number of nitrogens with zero attached hydrogens (tertiary/aromatic N) is 4. The van der Waals surface area contributed by atoms with Crippen molar-refractivity contribution in [3.63, 3.8) is 0 Å². The van der Waals surface area contributed by atoms with Crippen LogP contribution in [-0.4, -0.2) is 94.4 Å². The molecule has 42 heavy (non-hydrogen) atoms. The van der Waals surface area contributed by atoms with Crippen molar-refractivity contribution in [2.75, 3.05) is 44.2 Å². The number of rotatable bonds is 8. The number of ether oxygens (including phenoxy) is 2. The molecule has 3 heterocycles. The van der Waals surface area contributed by atoms with Gasteiger partial charge in [0.15, 0.2) is 0 Å². The second kappa shape index (κ2) is 12.3. The second-order valence-corrected chi connectivity index (χ2v) is 13.1. The summed E-state index contributed by atoms with van der Waals surface area (Å²) in [4.78, 5) is 42.7. The molecule has 2 aliphatic heterocycles. The van der Waals surface area contributed by atoms with Gasteiger partial charge in [0.2, 0.25) is 5.91 Å². The van der Waals surface area contributed by atoms with Crippen LogP contribution in [0.5, 0.6) is 0 Å². The van der Waals surface area contributed by atoms with Crippen LogP contribution in [0.4, 0.5) is 10.5 Å². The summed E-state index contributed by atoms with van der Waals surface area (Å²) in [6.45, 7) is 12.6. The zero-order valence-electron chi connectivity index (χ0n) is 25.5. The van der Waals surface area contributed by atoms with E-state index in [4.69, 9.17) is 9.47 Å². The molecule has 2 amide bonds. The molecule has 1 aromatic heterocycles. The Hall–Kier alpha value is -3.09. The minimum absolute atomic E-state index is 0.111. The number of hydrogen-bond acceptors (Lipinski definition) is 8. The van der Waals surface area contributed by atoms with Crippen molar-refractivity contribution in [3.05, 3.63) is 28.7 Å². The molecular weight excluding hydrogens is 540 g/mol. The summed E-state index contributed by atoms with van der Waals surface area (Å²) in [5.41, 5.74) is 1.85. The highest BCUT2D eigenvalue weighted by atomic mass is 16.6. The standard InChI is InChI=1S/C30H46N6O6/c1-19(31-28(39)42-30(2,3)4)18-41-21-15-20(16-21)17-34-11-13-35(14-12-34)22-7-6-8-23-26(22)33(5)29(40)36(23)24-9-10-25(37)32-27(24)38/h6-8,19-21,24-25,37H,9-18H2,1-5H3,(H,31,39)(H,32,38)/t19-,20?,21?,24?,25?/m1/s1. The summed E-state index contributed by atoms with van der Waals surface area (Å²) in [7, 11) is 1.76. The predicted octanol–water partition coefficient (Wildman–Crippen LogP) is 1.94. The summed E-state index contributed by atoms with van der Waals surface area (Å²) in [6.07, 6.45) is 1.85. The van der Waals surface area contributed by atoms with Crippen molar-refractivity contribution < 1.29 is 24.2 Å². The number of imidazole rings is 1. The lowest BCUT2D eigenvalue weighted by Gasteiger charge is -2.42. The Balaban J connectivity index is 1.11. The molecule has 12 nitrogen and oxygen atoms in total. The topological polar surface area (TPSA) is 130 Å². The number of carbonyl (C=O) groups is 2. The van der Waals surface area contributed by atoms with Crippen LogP contribution in [0, 0.1) is 5.92 Å². The van der Waals surface area contributed by atoms with Crippen LogP contribution in [0.25, 0.3) is 11.0 Å². The molecule has 2 aromatic rings. The lowest BCUT2D eigenvalue weighted by molar-refractivity contribution is -0.130. The van der Waals surface area contributed by atoms with Crippen molar-refractivity contribution in [1.82, 2.24) is 24.7 Å². The minimum atomic E-state index is -0.860. The first-order valence-electron chi connectivity index (χ1n) is 15.2. The van der Waals surface area contributed by atoms with E-state index in [1.54, 1.807) is 16.2 Å². The summed E-state index contributed by atoms with van der Waals surface area (Å²) in [6, 6.07) is 5.17. The zero-order chi connectivity index (χ0) is 30.2. The quantitative estimate of drug-likeness (QED) is 0.428. The van der Waals surface area contributed by atoms with Crippen LogP contribution in [0.1, 0.15) is 59.4 Å². The Morgan fingerprint density at radius 2 is 1.86 bits per heavy atom. The second-order valence-electron chi connectivity index (χ2n) is 13.1. The molecule has 0 bridgehead atoms. The lowest BCUT2D eigenvalue weighted by Crippen LogP contribution is -2.50. The first kappa shape index (κ1) is 30.4. The number of piperidine rings is 1. The maximum atomic E-state index is 13.3. The third kappa shape index (κ3) is 6.76. The highest BCUT2D eigenvalue weighted by Gasteiger charge is 2.34. The van der Waals surface area contributed by atoms with Crippen LogP contribution in [0.3, 0.4) is 0 Å². The average molecular weight is 587 g/mol. The molecule has 2 unspecified atom stereocenters. The van der Waals surface area contributed by atoms with Gasteiger partial charge in [-0.2, -0.15) is 0 Å². The van der Waals surface area contributed by atoms with E-state index in [-0.39, 0.29) is 23.7 Å². The highest BCUT2D eigenvalue weighted by molar-refractivity contribution is 5.91. The Kier molecular flexibility index (Phi) is 8.86. The van der Waals surface area contributed by atoms with Gasteiger partial charge in [-0.3, -0.25) is 18.8 Å². The number of amides is 2. The molecule has 3 N–H and O–H groups in total. The molecule has 12 heteroatoms. The fourth-order valence-electron chi connectivity index (χ4n) is 6.33. The van der Waals surface area contributed by atoms with Gasteiger partial charge in [-0.1, -0.05) is 6.07 Å². The van der Waals surface area contributed by atoms with Gasteiger partial charge in [0.25, 0.3) is 0 Å². The van der Waals surface area contributed by atoms with E-state index in [1.807, 2.05) is 39.8 Å². The largest absolute Gasteiger partial charge is 0.444 e. The third-order valence-corrected chi connectivity index (χ3v) is 8.49. The number of para-hydroxylation sites is 1. The summed E-state index contributed by atoms with van der Waals surface area (Å²) in [5, 5.41) is 15.2. The number of benzene rings is 1. The van der Waals surface area contributed by atoms with E-state index in [9.17, 15) is 19.5 Å².